The van der Waals surface area contributed by atoms with E-state index in [2.05, 4.69) is 13.0 Å². The standard InChI is InChI=1S/C23H47NO/c1-2-3-4-5-6-7-8-9-10-11-12-13-14-15-16-17-18-19-20-21-23(24)22-25/h20-21,23,25H,2-19,22,24H2,1H3/b21-20+. The maximum Gasteiger partial charge on any atom is 0.0618 e. The Morgan fingerprint density at radius 2 is 1.00 bits per heavy atom. The van der Waals surface area contributed by atoms with Gasteiger partial charge in [0.2, 0.25) is 0 Å². The summed E-state index contributed by atoms with van der Waals surface area (Å²) in [5.41, 5.74) is 5.61. The predicted molar refractivity (Wildman–Crippen MR) is 113 cm³/mol. The van der Waals surface area contributed by atoms with Crippen molar-refractivity contribution in [2.75, 3.05) is 6.61 Å². The van der Waals surface area contributed by atoms with Crippen molar-refractivity contribution in [1.29, 1.82) is 0 Å². The molecule has 0 saturated heterocycles. The van der Waals surface area contributed by atoms with Gasteiger partial charge in [0.25, 0.3) is 0 Å². The summed E-state index contributed by atoms with van der Waals surface area (Å²) in [5, 5.41) is 8.81. The molecule has 2 heteroatoms. The van der Waals surface area contributed by atoms with E-state index in [1.54, 1.807) is 0 Å². The Morgan fingerprint density at radius 3 is 1.36 bits per heavy atom. The Morgan fingerprint density at radius 1 is 0.640 bits per heavy atom. The number of nitrogens with two attached hydrogens (primary N) is 1. The lowest BCUT2D eigenvalue weighted by Gasteiger charge is -2.03. The molecule has 0 spiro atoms. The van der Waals surface area contributed by atoms with Crippen LogP contribution in [0.5, 0.6) is 0 Å². The van der Waals surface area contributed by atoms with E-state index in [0.717, 1.165) is 6.42 Å². The summed E-state index contributed by atoms with van der Waals surface area (Å²) in [4.78, 5) is 0. The van der Waals surface area contributed by atoms with Crippen LogP contribution in [0.4, 0.5) is 0 Å². The molecule has 0 aliphatic rings. The largest absolute Gasteiger partial charge is 0.394 e. The van der Waals surface area contributed by atoms with Gasteiger partial charge < -0.3 is 10.8 Å². The normalized spacial score (nSPS) is 12.9. The molecule has 3 N–H and O–H groups in total. The Kier molecular flexibility index (Phi) is 21.4. The Labute approximate surface area is 158 Å². The van der Waals surface area contributed by atoms with E-state index in [0.29, 0.717) is 0 Å². The third-order valence-corrected chi connectivity index (χ3v) is 5.07. The van der Waals surface area contributed by atoms with Crippen LogP contribution in [-0.4, -0.2) is 17.8 Å². The molecule has 0 aromatic heterocycles. The zero-order valence-electron chi connectivity index (χ0n) is 17.2. The van der Waals surface area contributed by atoms with Gasteiger partial charge in [-0.3, -0.25) is 0 Å². The van der Waals surface area contributed by atoms with Crippen LogP contribution in [0.3, 0.4) is 0 Å². The van der Waals surface area contributed by atoms with Crippen molar-refractivity contribution in [2.24, 2.45) is 5.73 Å². The number of rotatable bonds is 20. The second kappa shape index (κ2) is 21.7. The maximum atomic E-state index is 8.81. The lowest BCUT2D eigenvalue weighted by Crippen LogP contribution is -2.20. The van der Waals surface area contributed by atoms with Gasteiger partial charge >= 0.3 is 0 Å². The lowest BCUT2D eigenvalue weighted by molar-refractivity contribution is 0.284. The van der Waals surface area contributed by atoms with Crippen molar-refractivity contribution in [1.82, 2.24) is 0 Å². The zero-order chi connectivity index (χ0) is 18.4. The van der Waals surface area contributed by atoms with E-state index in [1.165, 1.54) is 109 Å². The second-order valence-corrected chi connectivity index (χ2v) is 7.72. The van der Waals surface area contributed by atoms with Gasteiger partial charge in [-0.2, -0.15) is 0 Å². The molecule has 0 fully saturated rings. The minimum Gasteiger partial charge on any atom is -0.394 e. The molecule has 1 atom stereocenters. The number of hydrogen-bond donors (Lipinski definition) is 2. The molecule has 150 valence electrons. The minimum atomic E-state index is -0.175. The molecule has 1 unspecified atom stereocenters. The molecule has 0 aromatic rings. The van der Waals surface area contributed by atoms with Gasteiger partial charge in [0.05, 0.1) is 6.61 Å². The maximum absolute atomic E-state index is 8.81. The van der Waals surface area contributed by atoms with Crippen LogP contribution in [0.15, 0.2) is 12.2 Å². The van der Waals surface area contributed by atoms with Crippen LogP contribution in [0.1, 0.15) is 122 Å². The van der Waals surface area contributed by atoms with Gasteiger partial charge in [-0.15, -0.1) is 0 Å². The fraction of sp³-hybridized carbons (Fsp3) is 0.913. The highest BCUT2D eigenvalue weighted by molar-refractivity contribution is 4.90. The third kappa shape index (κ3) is 21.6. The summed E-state index contributed by atoms with van der Waals surface area (Å²) in [6.45, 7) is 2.34. The first kappa shape index (κ1) is 24.7. The highest BCUT2D eigenvalue weighted by atomic mass is 16.3. The SMILES string of the molecule is CCCCCCCCCCCCCCCCCCC/C=C/C(N)CO. The van der Waals surface area contributed by atoms with E-state index in [9.17, 15) is 0 Å². The lowest BCUT2D eigenvalue weighted by atomic mass is 10.0. The summed E-state index contributed by atoms with van der Waals surface area (Å²) in [5.74, 6) is 0. The fourth-order valence-corrected chi connectivity index (χ4v) is 3.32. The van der Waals surface area contributed by atoms with Crippen LogP contribution in [0.2, 0.25) is 0 Å². The zero-order valence-corrected chi connectivity index (χ0v) is 17.2. The highest BCUT2D eigenvalue weighted by Gasteiger charge is 1.95. The van der Waals surface area contributed by atoms with Crippen molar-refractivity contribution in [3.8, 4) is 0 Å². The molecule has 0 amide bonds. The fourth-order valence-electron chi connectivity index (χ4n) is 3.32. The average Bonchev–Trinajstić information content (AvgIpc) is 2.63. The summed E-state index contributed by atoms with van der Waals surface area (Å²) in [6, 6.07) is -0.175. The van der Waals surface area contributed by atoms with Gasteiger partial charge in [0.15, 0.2) is 0 Å². The number of aliphatic hydroxyl groups is 1. The molecule has 0 aromatic carbocycles. The van der Waals surface area contributed by atoms with Gasteiger partial charge in [-0.25, -0.2) is 0 Å². The Hall–Kier alpha value is -0.340. The van der Waals surface area contributed by atoms with Crippen LogP contribution >= 0.6 is 0 Å². The van der Waals surface area contributed by atoms with E-state index in [-0.39, 0.29) is 12.6 Å². The molecule has 0 aliphatic carbocycles. The summed E-state index contributed by atoms with van der Waals surface area (Å²) < 4.78 is 0. The molecule has 0 radical (unpaired) electrons. The third-order valence-electron chi connectivity index (χ3n) is 5.07. The average molecular weight is 354 g/mol. The molecule has 25 heavy (non-hydrogen) atoms. The van der Waals surface area contributed by atoms with E-state index < -0.39 is 0 Å². The minimum absolute atomic E-state index is 0.0511. The van der Waals surface area contributed by atoms with Crippen molar-refractivity contribution in [2.45, 2.75) is 129 Å². The predicted octanol–water partition coefficient (Wildman–Crippen LogP) is 6.90. The topological polar surface area (TPSA) is 46.2 Å². The van der Waals surface area contributed by atoms with Crippen LogP contribution < -0.4 is 5.73 Å². The molecule has 0 heterocycles. The van der Waals surface area contributed by atoms with Gasteiger partial charge in [-0.05, 0) is 12.8 Å². The van der Waals surface area contributed by atoms with Crippen molar-refractivity contribution < 1.29 is 5.11 Å². The van der Waals surface area contributed by atoms with Crippen molar-refractivity contribution >= 4 is 0 Å². The highest BCUT2D eigenvalue weighted by Crippen LogP contribution is 2.14. The van der Waals surface area contributed by atoms with E-state index in [1.807, 2.05) is 6.08 Å². The van der Waals surface area contributed by atoms with E-state index >= 15 is 0 Å². The van der Waals surface area contributed by atoms with Crippen LogP contribution in [0.25, 0.3) is 0 Å². The number of aliphatic hydroxyl groups excluding tert-OH is 1. The van der Waals surface area contributed by atoms with Gasteiger partial charge in [0, 0.05) is 6.04 Å². The monoisotopic (exact) mass is 353 g/mol. The Bertz CT molecular complexity index is 265. The molecule has 0 bridgehead atoms. The quantitative estimate of drug-likeness (QED) is 0.185. The number of unbranched alkanes of at least 4 members (excludes halogenated alkanes) is 17. The molecule has 0 saturated carbocycles. The summed E-state index contributed by atoms with van der Waals surface area (Å²) >= 11 is 0. The first-order chi connectivity index (χ1) is 12.3. The summed E-state index contributed by atoms with van der Waals surface area (Å²) in [7, 11) is 0. The smallest absolute Gasteiger partial charge is 0.0618 e. The molecular formula is C23H47NO. The molecule has 0 aliphatic heterocycles. The number of hydrogen-bond acceptors (Lipinski definition) is 2. The molecular weight excluding hydrogens is 306 g/mol. The van der Waals surface area contributed by atoms with Crippen LogP contribution in [-0.2, 0) is 0 Å². The molecule has 2 nitrogen and oxygen atoms in total. The van der Waals surface area contributed by atoms with Crippen molar-refractivity contribution in [3.05, 3.63) is 12.2 Å². The Balaban J connectivity index is 3.04. The van der Waals surface area contributed by atoms with Crippen LogP contribution in [0, 0.1) is 0 Å². The second-order valence-electron chi connectivity index (χ2n) is 7.72. The van der Waals surface area contributed by atoms with Crippen molar-refractivity contribution in [3.63, 3.8) is 0 Å². The van der Waals surface area contributed by atoms with Gasteiger partial charge in [0.1, 0.15) is 0 Å². The first-order valence-electron chi connectivity index (χ1n) is 11.3. The number of allylic oxidation sites excluding steroid dienone is 1. The van der Waals surface area contributed by atoms with E-state index in [4.69, 9.17) is 10.8 Å². The summed E-state index contributed by atoms with van der Waals surface area (Å²) in [6.07, 6.45) is 29.2. The molecule has 0 rings (SSSR count). The van der Waals surface area contributed by atoms with Gasteiger partial charge in [-0.1, -0.05) is 122 Å². The first-order valence-corrected chi connectivity index (χ1v) is 11.3.